The summed E-state index contributed by atoms with van der Waals surface area (Å²) in [5.41, 5.74) is 7.33. The second kappa shape index (κ2) is 5.18. The smallest absolute Gasteiger partial charge is 0.271 e. The molecule has 0 aliphatic carbocycles. The lowest BCUT2D eigenvalue weighted by molar-refractivity contribution is 0.603. The van der Waals surface area contributed by atoms with E-state index in [1.807, 2.05) is 0 Å². The van der Waals surface area contributed by atoms with Crippen molar-refractivity contribution in [1.82, 2.24) is 4.98 Å². The molecule has 0 fully saturated rings. The van der Waals surface area contributed by atoms with Gasteiger partial charge in [0.2, 0.25) is 0 Å². The summed E-state index contributed by atoms with van der Waals surface area (Å²) in [5, 5.41) is 0.642. The van der Waals surface area contributed by atoms with Gasteiger partial charge in [-0.1, -0.05) is 11.6 Å². The number of nitrogens with one attached hydrogen (secondary N) is 1. The maximum Gasteiger partial charge on any atom is 0.271 e. The van der Waals surface area contributed by atoms with Crippen LogP contribution >= 0.6 is 22.9 Å². The summed E-state index contributed by atoms with van der Waals surface area (Å²) in [4.78, 5) is 4.17. The van der Waals surface area contributed by atoms with Gasteiger partial charge in [0.25, 0.3) is 10.0 Å². The van der Waals surface area contributed by atoms with Crippen LogP contribution in [0.5, 0.6) is 0 Å². The maximum absolute atomic E-state index is 12.3. The minimum absolute atomic E-state index is 0.154. The zero-order chi connectivity index (χ0) is 15.0. The molecule has 0 saturated heterocycles. The van der Waals surface area contributed by atoms with Gasteiger partial charge in [0, 0.05) is 11.6 Å². The van der Waals surface area contributed by atoms with Crippen LogP contribution in [0.25, 0.3) is 10.9 Å². The fraction of sp³-hybridized carbons (Fsp3) is 0. The number of halogens is 1. The van der Waals surface area contributed by atoms with E-state index in [2.05, 4.69) is 9.71 Å². The Labute approximate surface area is 130 Å². The number of pyridine rings is 1. The van der Waals surface area contributed by atoms with Crippen molar-refractivity contribution in [3.8, 4) is 0 Å². The number of anilines is 2. The van der Waals surface area contributed by atoms with E-state index in [0.29, 0.717) is 26.6 Å². The van der Waals surface area contributed by atoms with Crippen LogP contribution in [0.1, 0.15) is 0 Å². The van der Waals surface area contributed by atoms with E-state index < -0.39 is 10.0 Å². The number of sulfonamides is 1. The predicted molar refractivity (Wildman–Crippen MR) is 86.3 cm³/mol. The summed E-state index contributed by atoms with van der Waals surface area (Å²) < 4.78 is 27.8. The van der Waals surface area contributed by atoms with E-state index in [1.165, 1.54) is 6.07 Å². The second-order valence-electron chi connectivity index (χ2n) is 4.27. The Kier molecular flexibility index (Phi) is 3.48. The Balaban J connectivity index is 2.08. The number of hydrogen-bond donors (Lipinski definition) is 2. The molecule has 3 rings (SSSR count). The summed E-state index contributed by atoms with van der Waals surface area (Å²) in [7, 11) is -3.68. The molecule has 8 heteroatoms. The average molecular weight is 340 g/mol. The fourth-order valence-electron chi connectivity index (χ4n) is 1.92. The van der Waals surface area contributed by atoms with Crippen molar-refractivity contribution < 1.29 is 8.42 Å². The van der Waals surface area contributed by atoms with Crippen molar-refractivity contribution in [2.75, 3.05) is 10.5 Å². The lowest BCUT2D eigenvalue weighted by atomic mass is 10.1. The minimum atomic E-state index is -3.68. The van der Waals surface area contributed by atoms with Gasteiger partial charge in [-0.25, -0.2) is 8.42 Å². The summed E-state index contributed by atoms with van der Waals surface area (Å²) in [6, 6.07) is 9.73. The van der Waals surface area contributed by atoms with Crippen molar-refractivity contribution in [2.45, 2.75) is 4.21 Å². The molecule has 0 aliphatic rings. The zero-order valence-corrected chi connectivity index (χ0v) is 13.0. The van der Waals surface area contributed by atoms with Crippen LogP contribution in [-0.2, 0) is 10.0 Å². The van der Waals surface area contributed by atoms with Gasteiger partial charge in [0.1, 0.15) is 4.21 Å². The number of nitrogen functional groups attached to an aromatic ring is 1. The Morgan fingerprint density at radius 3 is 2.71 bits per heavy atom. The molecule has 21 heavy (non-hydrogen) atoms. The standard InChI is InChI=1S/C13H10ClN3O2S2/c14-11-5-6-12(20-11)21(18,19)17-10-4-3-9(15)13-8(10)2-1-7-16-13/h1-7,17H,15H2. The topological polar surface area (TPSA) is 85.1 Å². The normalized spacial score (nSPS) is 11.7. The summed E-state index contributed by atoms with van der Waals surface area (Å²) in [6.07, 6.45) is 1.61. The van der Waals surface area contributed by atoms with E-state index in [9.17, 15) is 8.42 Å². The van der Waals surface area contributed by atoms with Gasteiger partial charge in [-0.2, -0.15) is 0 Å². The Morgan fingerprint density at radius 2 is 2.00 bits per heavy atom. The summed E-state index contributed by atoms with van der Waals surface area (Å²) >= 11 is 6.78. The van der Waals surface area contributed by atoms with Gasteiger partial charge < -0.3 is 5.73 Å². The van der Waals surface area contributed by atoms with Crippen LogP contribution in [0, 0.1) is 0 Å². The third-order valence-electron chi connectivity index (χ3n) is 2.86. The van der Waals surface area contributed by atoms with Crippen molar-refractivity contribution in [3.63, 3.8) is 0 Å². The number of benzene rings is 1. The largest absolute Gasteiger partial charge is 0.397 e. The Bertz CT molecular complexity index is 922. The molecule has 3 aromatic rings. The molecule has 0 bridgehead atoms. The van der Waals surface area contributed by atoms with Gasteiger partial charge in [-0.15, -0.1) is 11.3 Å². The molecule has 108 valence electrons. The molecule has 2 heterocycles. The van der Waals surface area contributed by atoms with Crippen molar-refractivity contribution in [3.05, 3.63) is 46.9 Å². The van der Waals surface area contributed by atoms with Crippen molar-refractivity contribution >= 4 is 55.2 Å². The third kappa shape index (κ3) is 2.67. The minimum Gasteiger partial charge on any atom is -0.397 e. The number of rotatable bonds is 3. The van der Waals surface area contributed by atoms with Gasteiger partial charge in [-0.05, 0) is 36.4 Å². The molecule has 0 aliphatic heterocycles. The monoisotopic (exact) mass is 339 g/mol. The quantitative estimate of drug-likeness (QED) is 0.717. The molecular formula is C13H10ClN3O2S2. The third-order valence-corrected chi connectivity index (χ3v) is 5.95. The van der Waals surface area contributed by atoms with Crippen molar-refractivity contribution in [2.24, 2.45) is 0 Å². The van der Waals surface area contributed by atoms with E-state index in [4.69, 9.17) is 17.3 Å². The summed E-state index contributed by atoms with van der Waals surface area (Å²) in [5.74, 6) is 0. The number of fused-ring (bicyclic) bond motifs is 1. The van der Waals surface area contributed by atoms with E-state index in [-0.39, 0.29) is 4.21 Å². The van der Waals surface area contributed by atoms with Gasteiger partial charge in [-0.3, -0.25) is 9.71 Å². The van der Waals surface area contributed by atoms with Crippen LogP contribution < -0.4 is 10.5 Å². The van der Waals surface area contributed by atoms with Crippen LogP contribution in [0.15, 0.2) is 46.8 Å². The molecule has 0 spiro atoms. The average Bonchev–Trinajstić information content (AvgIpc) is 2.90. The molecule has 2 aromatic heterocycles. The fourth-order valence-corrected chi connectivity index (χ4v) is 4.48. The Hall–Kier alpha value is -1.83. The number of thiophene rings is 1. The lowest BCUT2D eigenvalue weighted by Crippen LogP contribution is -2.12. The molecule has 0 atom stereocenters. The maximum atomic E-state index is 12.3. The Morgan fingerprint density at radius 1 is 1.19 bits per heavy atom. The highest BCUT2D eigenvalue weighted by Crippen LogP contribution is 2.31. The molecule has 3 N–H and O–H groups in total. The first-order valence-corrected chi connectivity index (χ1v) is 8.56. The van der Waals surface area contributed by atoms with Gasteiger partial charge in [0.15, 0.2) is 0 Å². The molecule has 0 unspecified atom stereocenters. The van der Waals surface area contributed by atoms with E-state index in [0.717, 1.165) is 11.3 Å². The number of nitrogens with zero attached hydrogens (tertiary/aromatic N) is 1. The van der Waals surface area contributed by atoms with Crippen LogP contribution in [0.2, 0.25) is 4.34 Å². The van der Waals surface area contributed by atoms with Gasteiger partial charge in [0.05, 0.1) is 21.2 Å². The number of nitrogens with two attached hydrogens (primary N) is 1. The molecule has 0 radical (unpaired) electrons. The molecule has 5 nitrogen and oxygen atoms in total. The lowest BCUT2D eigenvalue weighted by Gasteiger charge is -2.10. The first-order valence-electron chi connectivity index (χ1n) is 5.89. The zero-order valence-electron chi connectivity index (χ0n) is 10.6. The van der Waals surface area contributed by atoms with E-state index in [1.54, 1.807) is 36.5 Å². The number of aromatic nitrogens is 1. The molecular weight excluding hydrogens is 330 g/mol. The highest BCUT2D eigenvalue weighted by atomic mass is 35.5. The first kappa shape index (κ1) is 14.1. The predicted octanol–water partition coefficient (Wildman–Crippen LogP) is 3.33. The first-order chi connectivity index (χ1) is 9.97. The number of hydrogen-bond acceptors (Lipinski definition) is 5. The highest BCUT2D eigenvalue weighted by molar-refractivity contribution is 7.94. The van der Waals surface area contributed by atoms with Crippen molar-refractivity contribution in [1.29, 1.82) is 0 Å². The second-order valence-corrected chi connectivity index (χ2v) is 7.89. The van der Waals surface area contributed by atoms with Gasteiger partial charge >= 0.3 is 0 Å². The molecule has 1 aromatic carbocycles. The van der Waals surface area contributed by atoms with Crippen LogP contribution in [-0.4, -0.2) is 13.4 Å². The SMILES string of the molecule is Nc1ccc(NS(=O)(=O)c2ccc(Cl)s2)c2cccnc12. The summed E-state index contributed by atoms with van der Waals surface area (Å²) in [6.45, 7) is 0. The van der Waals surface area contributed by atoms with Crippen LogP contribution in [0.4, 0.5) is 11.4 Å². The van der Waals surface area contributed by atoms with E-state index >= 15 is 0 Å². The molecule has 0 saturated carbocycles. The molecule has 0 amide bonds. The van der Waals surface area contributed by atoms with Crippen LogP contribution in [0.3, 0.4) is 0 Å². The highest BCUT2D eigenvalue weighted by Gasteiger charge is 2.18.